The van der Waals surface area contributed by atoms with Gasteiger partial charge in [0.15, 0.2) is 11.0 Å². The second-order valence-corrected chi connectivity index (χ2v) is 7.00. The van der Waals surface area contributed by atoms with Crippen LogP contribution in [0.1, 0.15) is 6.92 Å². The van der Waals surface area contributed by atoms with E-state index < -0.39 is 0 Å². The molecule has 1 amide bonds. The third-order valence-corrected chi connectivity index (χ3v) is 5.26. The van der Waals surface area contributed by atoms with Gasteiger partial charge in [-0.15, -0.1) is 21.5 Å². The monoisotopic (exact) mass is 374 g/mol. The molecule has 0 fully saturated rings. The summed E-state index contributed by atoms with van der Waals surface area (Å²) in [6, 6.07) is 11.4. The molecule has 25 heavy (non-hydrogen) atoms. The number of aromatic nitrogens is 3. The van der Waals surface area contributed by atoms with Gasteiger partial charge in [0.05, 0.1) is 22.9 Å². The molecule has 0 saturated carbocycles. The lowest BCUT2D eigenvalue weighted by Gasteiger charge is -2.11. The van der Waals surface area contributed by atoms with Gasteiger partial charge < -0.3 is 14.6 Å². The zero-order valence-electron chi connectivity index (χ0n) is 13.9. The fourth-order valence-electron chi connectivity index (χ4n) is 2.23. The Bertz CT molecular complexity index is 846. The Hall–Kier alpha value is -2.32. The quantitative estimate of drug-likeness (QED) is 0.639. The highest BCUT2D eigenvalue weighted by atomic mass is 32.2. The van der Waals surface area contributed by atoms with E-state index in [1.807, 2.05) is 60.3 Å². The van der Waals surface area contributed by atoms with Crippen LogP contribution in [0.2, 0.25) is 0 Å². The van der Waals surface area contributed by atoms with Crippen LogP contribution in [-0.2, 0) is 11.8 Å². The van der Waals surface area contributed by atoms with Gasteiger partial charge in [-0.1, -0.05) is 30.0 Å². The van der Waals surface area contributed by atoms with Gasteiger partial charge in [0.25, 0.3) is 0 Å². The van der Waals surface area contributed by atoms with Crippen LogP contribution in [0.15, 0.2) is 46.9 Å². The maximum absolute atomic E-state index is 12.2. The number of thioether (sulfide) groups is 1. The van der Waals surface area contributed by atoms with Crippen LogP contribution >= 0.6 is 23.1 Å². The predicted octanol–water partition coefficient (Wildman–Crippen LogP) is 3.67. The Morgan fingerprint density at radius 2 is 2.12 bits per heavy atom. The van der Waals surface area contributed by atoms with Crippen LogP contribution in [-0.4, -0.2) is 33.0 Å². The maximum atomic E-state index is 12.2. The number of amides is 1. The first-order valence-corrected chi connectivity index (χ1v) is 9.63. The number of carbonyl (C=O) groups excluding carboxylic acids is 1. The molecule has 0 radical (unpaired) electrons. The van der Waals surface area contributed by atoms with Crippen LogP contribution in [0.4, 0.5) is 5.69 Å². The fraction of sp³-hybridized carbons (Fsp3) is 0.235. The fourth-order valence-corrected chi connectivity index (χ4v) is 3.68. The molecule has 0 bridgehead atoms. The molecule has 3 aromatic rings. The van der Waals surface area contributed by atoms with Gasteiger partial charge in [-0.2, -0.15) is 0 Å². The highest BCUT2D eigenvalue weighted by Crippen LogP contribution is 2.27. The van der Waals surface area contributed by atoms with E-state index in [4.69, 9.17) is 4.74 Å². The molecule has 130 valence electrons. The Kier molecular flexibility index (Phi) is 5.72. The number of rotatable bonds is 7. The molecule has 0 aliphatic heterocycles. The van der Waals surface area contributed by atoms with E-state index in [1.165, 1.54) is 11.8 Å². The number of hydrogen-bond donors (Lipinski definition) is 1. The van der Waals surface area contributed by atoms with E-state index >= 15 is 0 Å². The molecule has 6 nitrogen and oxygen atoms in total. The molecule has 3 rings (SSSR count). The van der Waals surface area contributed by atoms with Crippen molar-refractivity contribution in [3.8, 4) is 16.5 Å². The SMILES string of the molecule is CCOc1ccccc1NC(=O)CSc1nnc(-c2cccs2)n1C. The van der Waals surface area contributed by atoms with Gasteiger partial charge >= 0.3 is 0 Å². The van der Waals surface area contributed by atoms with Gasteiger partial charge in [0, 0.05) is 7.05 Å². The molecule has 0 unspecified atom stereocenters. The number of para-hydroxylation sites is 2. The number of ether oxygens (including phenoxy) is 1. The van der Waals surface area contributed by atoms with Crippen molar-refractivity contribution in [2.24, 2.45) is 7.05 Å². The second kappa shape index (κ2) is 8.17. The van der Waals surface area contributed by atoms with Crippen LogP contribution in [0.5, 0.6) is 5.75 Å². The van der Waals surface area contributed by atoms with Crippen molar-refractivity contribution < 1.29 is 9.53 Å². The molecule has 2 heterocycles. The van der Waals surface area contributed by atoms with Crippen LogP contribution in [0.3, 0.4) is 0 Å². The minimum Gasteiger partial charge on any atom is -0.492 e. The Labute approximate surface area is 154 Å². The molecule has 0 saturated heterocycles. The number of benzene rings is 1. The second-order valence-electron chi connectivity index (χ2n) is 5.11. The van der Waals surface area contributed by atoms with Crippen molar-refractivity contribution in [1.82, 2.24) is 14.8 Å². The van der Waals surface area contributed by atoms with E-state index in [0.717, 1.165) is 10.7 Å². The summed E-state index contributed by atoms with van der Waals surface area (Å²) >= 11 is 2.96. The Balaban J connectivity index is 1.62. The molecule has 1 aromatic carbocycles. The average molecular weight is 374 g/mol. The molecule has 0 aliphatic carbocycles. The number of anilines is 1. The van der Waals surface area contributed by atoms with E-state index in [-0.39, 0.29) is 11.7 Å². The smallest absolute Gasteiger partial charge is 0.234 e. The Morgan fingerprint density at radius 3 is 2.88 bits per heavy atom. The van der Waals surface area contributed by atoms with Gasteiger partial charge in [-0.25, -0.2) is 0 Å². The molecule has 2 aromatic heterocycles. The third-order valence-electron chi connectivity index (χ3n) is 3.37. The minimum atomic E-state index is -0.113. The summed E-state index contributed by atoms with van der Waals surface area (Å²) in [7, 11) is 1.90. The van der Waals surface area contributed by atoms with Gasteiger partial charge in [0.2, 0.25) is 5.91 Å². The normalized spacial score (nSPS) is 10.6. The molecule has 0 spiro atoms. The molecule has 1 N–H and O–H groups in total. The highest BCUT2D eigenvalue weighted by molar-refractivity contribution is 7.99. The average Bonchev–Trinajstić information content (AvgIpc) is 3.25. The first kappa shape index (κ1) is 17.5. The van der Waals surface area contributed by atoms with Crippen molar-refractivity contribution in [1.29, 1.82) is 0 Å². The van der Waals surface area contributed by atoms with Crippen molar-refractivity contribution in [2.75, 3.05) is 17.7 Å². The van der Waals surface area contributed by atoms with Crippen LogP contribution in [0, 0.1) is 0 Å². The summed E-state index contributed by atoms with van der Waals surface area (Å²) in [6.45, 7) is 2.46. The highest BCUT2D eigenvalue weighted by Gasteiger charge is 2.14. The summed E-state index contributed by atoms with van der Waals surface area (Å²) in [4.78, 5) is 13.3. The lowest BCUT2D eigenvalue weighted by atomic mass is 10.3. The van der Waals surface area contributed by atoms with Gasteiger partial charge in [-0.05, 0) is 30.5 Å². The number of carbonyl (C=O) groups is 1. The molecular formula is C17H18N4O2S2. The van der Waals surface area contributed by atoms with E-state index in [2.05, 4.69) is 15.5 Å². The molecular weight excluding hydrogens is 356 g/mol. The van der Waals surface area contributed by atoms with E-state index in [1.54, 1.807) is 11.3 Å². The predicted molar refractivity (Wildman–Crippen MR) is 101 cm³/mol. The summed E-state index contributed by atoms with van der Waals surface area (Å²) < 4.78 is 7.42. The third kappa shape index (κ3) is 4.21. The lowest BCUT2D eigenvalue weighted by molar-refractivity contribution is -0.113. The minimum absolute atomic E-state index is 0.113. The van der Waals surface area contributed by atoms with Gasteiger partial charge in [-0.3, -0.25) is 4.79 Å². The van der Waals surface area contributed by atoms with Crippen LogP contribution in [0.25, 0.3) is 10.7 Å². The maximum Gasteiger partial charge on any atom is 0.234 e. The first-order valence-electron chi connectivity index (χ1n) is 7.76. The first-order chi connectivity index (χ1) is 12.2. The molecule has 8 heteroatoms. The van der Waals surface area contributed by atoms with E-state index in [9.17, 15) is 4.79 Å². The zero-order valence-corrected chi connectivity index (χ0v) is 15.6. The number of hydrogen-bond acceptors (Lipinski definition) is 6. The molecule has 0 aliphatic rings. The topological polar surface area (TPSA) is 69.0 Å². The summed E-state index contributed by atoms with van der Waals surface area (Å²) in [6.07, 6.45) is 0. The summed E-state index contributed by atoms with van der Waals surface area (Å²) in [5, 5.41) is 14.0. The van der Waals surface area contributed by atoms with Crippen molar-refractivity contribution in [2.45, 2.75) is 12.1 Å². The molecule has 0 atom stereocenters. The lowest BCUT2D eigenvalue weighted by Crippen LogP contribution is -2.15. The number of nitrogens with zero attached hydrogens (tertiary/aromatic N) is 3. The van der Waals surface area contributed by atoms with E-state index in [0.29, 0.717) is 23.2 Å². The summed E-state index contributed by atoms with van der Waals surface area (Å²) in [5.41, 5.74) is 0.673. The number of nitrogens with one attached hydrogen (secondary N) is 1. The Morgan fingerprint density at radius 1 is 1.28 bits per heavy atom. The number of thiophene rings is 1. The summed E-state index contributed by atoms with van der Waals surface area (Å²) in [5.74, 6) is 1.61. The van der Waals surface area contributed by atoms with Crippen molar-refractivity contribution in [3.05, 3.63) is 41.8 Å². The largest absolute Gasteiger partial charge is 0.492 e. The zero-order chi connectivity index (χ0) is 17.6. The standard InChI is InChI=1S/C17H18N4O2S2/c1-3-23-13-8-5-4-7-12(13)18-15(22)11-25-17-20-19-16(21(17)2)14-9-6-10-24-14/h4-10H,3,11H2,1-2H3,(H,18,22). The van der Waals surface area contributed by atoms with Gasteiger partial charge in [0.1, 0.15) is 5.75 Å². The van der Waals surface area contributed by atoms with Crippen LogP contribution < -0.4 is 10.1 Å². The van der Waals surface area contributed by atoms with Crippen molar-refractivity contribution in [3.63, 3.8) is 0 Å². The van der Waals surface area contributed by atoms with Crippen molar-refractivity contribution >= 4 is 34.7 Å².